The van der Waals surface area contributed by atoms with Gasteiger partial charge in [0.2, 0.25) is 0 Å². The molecule has 0 aromatic heterocycles. The van der Waals surface area contributed by atoms with Crippen molar-refractivity contribution in [2.24, 2.45) is 11.3 Å². The first-order valence-electron chi connectivity index (χ1n) is 7.56. The summed E-state index contributed by atoms with van der Waals surface area (Å²) in [6.07, 6.45) is 2.44. The van der Waals surface area contributed by atoms with Gasteiger partial charge >= 0.3 is 5.97 Å². The number of hydrogen-bond donors (Lipinski definition) is 1. The number of hydrogen-bond acceptors (Lipinski definition) is 3. The molecule has 1 N–H and O–H groups in total. The molecule has 1 aromatic rings. The summed E-state index contributed by atoms with van der Waals surface area (Å²) in [6, 6.07) is 5.89. The van der Waals surface area contributed by atoms with Crippen molar-refractivity contribution in [2.45, 2.75) is 39.0 Å². The third kappa shape index (κ3) is 3.31. The smallest absolute Gasteiger partial charge is 0.303 e. The minimum Gasteiger partial charge on any atom is -0.489 e. The number of carboxylic acid groups (broad SMARTS) is 1. The fraction of sp³-hybridized carbons (Fsp3) is 0.588. The number of carboxylic acids is 1. The highest BCUT2D eigenvalue weighted by Gasteiger charge is 2.34. The molecule has 0 spiro atoms. The van der Waals surface area contributed by atoms with Crippen LogP contribution in [-0.4, -0.2) is 24.3 Å². The zero-order valence-electron chi connectivity index (χ0n) is 12.6. The third-order valence-electron chi connectivity index (χ3n) is 4.22. The number of fused-ring (bicyclic) bond motifs is 1. The first-order chi connectivity index (χ1) is 9.94. The fourth-order valence-corrected chi connectivity index (χ4v) is 2.82. The molecule has 114 valence electrons. The largest absolute Gasteiger partial charge is 0.489 e. The van der Waals surface area contributed by atoms with Gasteiger partial charge in [0.15, 0.2) is 11.5 Å². The van der Waals surface area contributed by atoms with Crippen molar-refractivity contribution in [3.8, 4) is 11.5 Å². The van der Waals surface area contributed by atoms with Crippen LogP contribution in [0.2, 0.25) is 0 Å². The van der Waals surface area contributed by atoms with Gasteiger partial charge in [0.05, 0.1) is 19.6 Å². The van der Waals surface area contributed by atoms with E-state index in [1.54, 1.807) is 0 Å². The second-order valence-electron chi connectivity index (χ2n) is 6.99. The van der Waals surface area contributed by atoms with E-state index in [0.29, 0.717) is 19.1 Å². The summed E-state index contributed by atoms with van der Waals surface area (Å²) in [7, 11) is 0. The van der Waals surface area contributed by atoms with Gasteiger partial charge in [-0.15, -0.1) is 0 Å². The van der Waals surface area contributed by atoms with Crippen LogP contribution in [0.25, 0.3) is 0 Å². The Morgan fingerprint density at radius 2 is 1.95 bits per heavy atom. The van der Waals surface area contributed by atoms with Crippen LogP contribution in [0.3, 0.4) is 0 Å². The molecule has 1 atom stereocenters. The molecule has 4 heteroatoms. The minimum absolute atomic E-state index is 0.0177. The Kier molecular flexibility index (Phi) is 3.56. The lowest BCUT2D eigenvalue weighted by Crippen LogP contribution is -2.26. The Hall–Kier alpha value is -1.71. The molecule has 1 unspecified atom stereocenters. The number of ether oxygens (including phenoxy) is 2. The number of rotatable bonds is 4. The summed E-state index contributed by atoms with van der Waals surface area (Å²) >= 11 is 0. The molecule has 1 aromatic carbocycles. The van der Waals surface area contributed by atoms with Crippen LogP contribution in [0, 0.1) is 11.3 Å². The average molecular weight is 290 g/mol. The maximum Gasteiger partial charge on any atom is 0.303 e. The minimum atomic E-state index is -0.736. The number of benzene rings is 1. The van der Waals surface area contributed by atoms with Crippen molar-refractivity contribution in [1.29, 1.82) is 0 Å². The maximum atomic E-state index is 11.1. The lowest BCUT2D eigenvalue weighted by Gasteiger charge is -2.19. The molecule has 1 aliphatic heterocycles. The van der Waals surface area contributed by atoms with Crippen molar-refractivity contribution in [3.63, 3.8) is 0 Å². The van der Waals surface area contributed by atoms with Gasteiger partial charge in [-0.05, 0) is 42.4 Å². The molecule has 3 rings (SSSR count). The quantitative estimate of drug-likeness (QED) is 0.922. The lowest BCUT2D eigenvalue weighted by molar-refractivity contribution is -0.137. The highest BCUT2D eigenvalue weighted by Crippen LogP contribution is 2.46. The van der Waals surface area contributed by atoms with E-state index < -0.39 is 5.97 Å². The van der Waals surface area contributed by atoms with Crippen molar-refractivity contribution < 1.29 is 19.4 Å². The second kappa shape index (κ2) is 5.24. The van der Waals surface area contributed by atoms with Crippen LogP contribution < -0.4 is 9.47 Å². The van der Waals surface area contributed by atoms with Crippen LogP contribution in [0.5, 0.6) is 11.5 Å². The summed E-state index contributed by atoms with van der Waals surface area (Å²) in [5.41, 5.74) is 1.04. The molecule has 0 bridgehead atoms. The zero-order chi connectivity index (χ0) is 15.0. The van der Waals surface area contributed by atoms with Gasteiger partial charge in [-0.25, -0.2) is 0 Å². The van der Waals surface area contributed by atoms with E-state index in [1.165, 1.54) is 0 Å². The summed E-state index contributed by atoms with van der Waals surface area (Å²) in [6.45, 7) is 5.45. The second-order valence-corrected chi connectivity index (χ2v) is 6.99. The summed E-state index contributed by atoms with van der Waals surface area (Å²) in [5, 5.41) is 9.12. The molecule has 0 saturated heterocycles. The van der Waals surface area contributed by atoms with Gasteiger partial charge in [-0.1, -0.05) is 19.9 Å². The molecule has 0 radical (unpaired) electrons. The average Bonchev–Trinajstić information content (AvgIpc) is 3.25. The maximum absolute atomic E-state index is 11.1. The lowest BCUT2D eigenvalue weighted by atomic mass is 9.91. The Morgan fingerprint density at radius 3 is 2.57 bits per heavy atom. The normalized spacial score (nSPS) is 21.4. The first kappa shape index (κ1) is 14.2. The van der Waals surface area contributed by atoms with Gasteiger partial charge in [-0.2, -0.15) is 0 Å². The number of aliphatic carboxylic acids is 1. The molecule has 4 nitrogen and oxygen atoms in total. The van der Waals surface area contributed by atoms with Crippen LogP contribution >= 0.6 is 0 Å². The van der Waals surface area contributed by atoms with E-state index in [0.717, 1.165) is 29.9 Å². The van der Waals surface area contributed by atoms with Crippen molar-refractivity contribution >= 4 is 5.97 Å². The Morgan fingerprint density at radius 1 is 1.29 bits per heavy atom. The van der Waals surface area contributed by atoms with Crippen molar-refractivity contribution in [2.75, 3.05) is 13.2 Å². The van der Waals surface area contributed by atoms with E-state index in [1.807, 2.05) is 18.2 Å². The topological polar surface area (TPSA) is 55.8 Å². The van der Waals surface area contributed by atoms with Crippen LogP contribution in [0.1, 0.15) is 44.6 Å². The van der Waals surface area contributed by atoms with E-state index in [2.05, 4.69) is 13.8 Å². The summed E-state index contributed by atoms with van der Waals surface area (Å²) in [4.78, 5) is 11.1. The fourth-order valence-electron chi connectivity index (χ4n) is 2.82. The highest BCUT2D eigenvalue weighted by molar-refractivity contribution is 5.68. The summed E-state index contributed by atoms with van der Waals surface area (Å²) < 4.78 is 11.7. The standard InChI is InChI=1S/C17H22O4/c1-17(2)9-20-14-6-5-12(7-15(14)21-10-17)13(8-16(18)19)11-3-4-11/h5-7,11,13H,3-4,8-10H2,1-2H3,(H,18,19). The van der Waals surface area contributed by atoms with Crippen molar-refractivity contribution in [3.05, 3.63) is 23.8 Å². The van der Waals surface area contributed by atoms with Crippen molar-refractivity contribution in [1.82, 2.24) is 0 Å². The molecule has 1 aliphatic carbocycles. The molecular weight excluding hydrogens is 268 g/mol. The highest BCUT2D eigenvalue weighted by atomic mass is 16.5. The summed E-state index contributed by atoms with van der Waals surface area (Å²) in [5.74, 6) is 1.36. The van der Waals surface area contributed by atoms with Gasteiger partial charge in [0.1, 0.15) is 0 Å². The van der Waals surface area contributed by atoms with Crippen LogP contribution in [-0.2, 0) is 4.79 Å². The molecule has 2 aliphatic rings. The van der Waals surface area contributed by atoms with Gasteiger partial charge < -0.3 is 14.6 Å². The van der Waals surface area contributed by atoms with Crippen LogP contribution in [0.4, 0.5) is 0 Å². The van der Waals surface area contributed by atoms with E-state index in [4.69, 9.17) is 14.6 Å². The third-order valence-corrected chi connectivity index (χ3v) is 4.22. The van der Waals surface area contributed by atoms with Gasteiger partial charge in [0, 0.05) is 5.41 Å². The van der Waals surface area contributed by atoms with Crippen LogP contribution in [0.15, 0.2) is 18.2 Å². The monoisotopic (exact) mass is 290 g/mol. The predicted molar refractivity (Wildman–Crippen MR) is 78.9 cm³/mol. The van der Waals surface area contributed by atoms with E-state index in [-0.39, 0.29) is 17.8 Å². The Balaban J connectivity index is 1.85. The molecule has 21 heavy (non-hydrogen) atoms. The molecule has 0 amide bonds. The SMILES string of the molecule is CC1(C)COc2ccc(C(CC(=O)O)C3CC3)cc2OC1. The van der Waals surface area contributed by atoms with Gasteiger partial charge in [-0.3, -0.25) is 4.79 Å². The Labute approximate surface area is 125 Å². The van der Waals surface area contributed by atoms with Gasteiger partial charge in [0.25, 0.3) is 0 Å². The number of carbonyl (C=O) groups is 1. The zero-order valence-corrected chi connectivity index (χ0v) is 12.6. The predicted octanol–water partition coefficient (Wildman–Crippen LogP) is 3.45. The molecule has 1 saturated carbocycles. The van der Waals surface area contributed by atoms with E-state index in [9.17, 15) is 4.79 Å². The first-order valence-corrected chi connectivity index (χ1v) is 7.56. The Bertz CT molecular complexity index is 546. The molecular formula is C17H22O4. The molecule has 1 heterocycles. The van der Waals surface area contributed by atoms with E-state index >= 15 is 0 Å². The molecule has 1 fully saturated rings.